The van der Waals surface area contributed by atoms with Crippen molar-refractivity contribution in [2.75, 3.05) is 13.2 Å². The Morgan fingerprint density at radius 1 is 0.892 bits per heavy atom. The number of halogens is 8. The van der Waals surface area contributed by atoms with Crippen LogP contribution in [0.2, 0.25) is 0 Å². The van der Waals surface area contributed by atoms with Crippen LogP contribution in [0.5, 0.6) is 5.75 Å². The zero-order chi connectivity index (χ0) is 26.9. The molecule has 0 spiro atoms. The molecule has 1 aliphatic heterocycles. The lowest BCUT2D eigenvalue weighted by Gasteiger charge is -2.30. The van der Waals surface area contributed by atoms with Crippen molar-refractivity contribution in [3.05, 3.63) is 86.2 Å². The van der Waals surface area contributed by atoms with Crippen LogP contribution in [0.15, 0.2) is 42.5 Å². The molecule has 0 aromatic heterocycles. The molecule has 1 fully saturated rings. The van der Waals surface area contributed by atoms with E-state index in [2.05, 4.69) is 4.74 Å². The van der Waals surface area contributed by atoms with E-state index in [0.717, 1.165) is 31.0 Å². The van der Waals surface area contributed by atoms with E-state index >= 15 is 0 Å². The molecule has 37 heavy (non-hydrogen) atoms. The molecule has 0 bridgehead atoms. The minimum Gasteiger partial charge on any atom is -0.429 e. The molecule has 3 aromatic rings. The van der Waals surface area contributed by atoms with Gasteiger partial charge in [-0.1, -0.05) is 13.3 Å². The summed E-state index contributed by atoms with van der Waals surface area (Å²) in [6.45, 7) is 2.83. The largest absolute Gasteiger partial charge is 0.430 e. The zero-order valence-electron chi connectivity index (χ0n) is 19.3. The summed E-state index contributed by atoms with van der Waals surface area (Å²) in [4.78, 5) is 0. The van der Waals surface area contributed by atoms with E-state index in [1.165, 1.54) is 28.7 Å². The van der Waals surface area contributed by atoms with Crippen LogP contribution in [0.25, 0.3) is 11.1 Å². The SMILES string of the molecule is CCCC1COC(c2cc(F)c(C(F)(F)Oc3ccc(-c4cc(F)c(F)c(F)c4)c(F)c3)c(I)c2)OC1. The minimum absolute atomic E-state index is 0.171. The van der Waals surface area contributed by atoms with Gasteiger partial charge in [0.15, 0.2) is 23.7 Å². The van der Waals surface area contributed by atoms with Gasteiger partial charge in [0, 0.05) is 26.7 Å². The Morgan fingerprint density at radius 3 is 2.11 bits per heavy atom. The lowest BCUT2D eigenvalue weighted by atomic mass is 10.0. The first-order chi connectivity index (χ1) is 17.5. The monoisotopic (exact) mass is 640 g/mol. The van der Waals surface area contributed by atoms with E-state index in [4.69, 9.17) is 9.47 Å². The van der Waals surface area contributed by atoms with Crippen LogP contribution >= 0.6 is 22.6 Å². The van der Waals surface area contributed by atoms with Gasteiger partial charge in [0.25, 0.3) is 0 Å². The lowest BCUT2D eigenvalue weighted by Crippen LogP contribution is -2.28. The molecule has 0 amide bonds. The second-order valence-corrected chi connectivity index (χ2v) is 9.69. The molecule has 1 aliphatic rings. The second kappa shape index (κ2) is 11.2. The minimum atomic E-state index is -4.21. The smallest absolute Gasteiger partial charge is 0.429 e. The summed E-state index contributed by atoms with van der Waals surface area (Å²) in [6.07, 6.45) is -3.25. The summed E-state index contributed by atoms with van der Waals surface area (Å²) in [6, 6.07) is 5.70. The number of ether oxygens (including phenoxy) is 3. The van der Waals surface area contributed by atoms with Crippen LogP contribution in [0, 0.1) is 38.6 Å². The zero-order valence-corrected chi connectivity index (χ0v) is 21.4. The predicted octanol–water partition coefficient (Wildman–Crippen LogP) is 8.24. The van der Waals surface area contributed by atoms with Crippen molar-refractivity contribution < 1.29 is 44.9 Å². The number of hydrogen-bond acceptors (Lipinski definition) is 3. The molecule has 11 heteroatoms. The molecule has 0 atom stereocenters. The Balaban J connectivity index is 1.54. The second-order valence-electron chi connectivity index (χ2n) is 8.53. The van der Waals surface area contributed by atoms with Crippen LogP contribution < -0.4 is 4.74 Å². The highest BCUT2D eigenvalue weighted by molar-refractivity contribution is 14.1. The number of benzene rings is 3. The summed E-state index contributed by atoms with van der Waals surface area (Å²) in [5.41, 5.74) is -1.57. The first kappa shape index (κ1) is 27.6. The first-order valence-corrected chi connectivity index (χ1v) is 12.3. The summed E-state index contributed by atoms with van der Waals surface area (Å²) in [5.74, 6) is -7.72. The van der Waals surface area contributed by atoms with E-state index in [9.17, 15) is 30.7 Å². The van der Waals surface area contributed by atoms with Crippen molar-refractivity contribution in [3.63, 3.8) is 0 Å². The first-order valence-electron chi connectivity index (χ1n) is 11.2. The predicted molar refractivity (Wildman–Crippen MR) is 128 cm³/mol. The van der Waals surface area contributed by atoms with Crippen molar-refractivity contribution in [1.29, 1.82) is 0 Å². The number of rotatable bonds is 7. The van der Waals surface area contributed by atoms with Gasteiger partial charge in [0.1, 0.15) is 22.9 Å². The Labute approximate surface area is 221 Å². The van der Waals surface area contributed by atoms with Crippen molar-refractivity contribution >= 4 is 22.6 Å². The molecular formula is C26H20F7IO3. The van der Waals surface area contributed by atoms with Gasteiger partial charge in [0.2, 0.25) is 0 Å². The van der Waals surface area contributed by atoms with Crippen molar-refractivity contribution in [3.8, 4) is 16.9 Å². The Morgan fingerprint density at radius 2 is 1.54 bits per heavy atom. The normalized spacial score (nSPS) is 18.2. The van der Waals surface area contributed by atoms with Crippen LogP contribution in [-0.4, -0.2) is 13.2 Å². The van der Waals surface area contributed by atoms with Crippen LogP contribution in [-0.2, 0) is 15.6 Å². The fourth-order valence-electron chi connectivity index (χ4n) is 4.02. The third kappa shape index (κ3) is 6.04. The molecule has 1 heterocycles. The third-order valence-corrected chi connectivity index (χ3v) is 6.62. The van der Waals surface area contributed by atoms with Crippen LogP contribution in [0.4, 0.5) is 30.7 Å². The maximum absolute atomic E-state index is 15.0. The number of hydrogen-bond donors (Lipinski definition) is 0. The highest BCUT2D eigenvalue weighted by Crippen LogP contribution is 2.39. The molecule has 0 aliphatic carbocycles. The summed E-state index contributed by atoms with van der Waals surface area (Å²) >= 11 is 1.53. The van der Waals surface area contributed by atoms with E-state index in [-0.39, 0.29) is 26.2 Å². The molecule has 0 unspecified atom stereocenters. The summed E-state index contributed by atoms with van der Waals surface area (Å²) in [5, 5.41) is 0. The Kier molecular flexibility index (Phi) is 8.34. The van der Waals surface area contributed by atoms with Gasteiger partial charge in [-0.2, -0.15) is 8.78 Å². The van der Waals surface area contributed by atoms with Crippen LogP contribution in [0.1, 0.15) is 37.2 Å². The van der Waals surface area contributed by atoms with Gasteiger partial charge in [-0.25, -0.2) is 22.0 Å². The highest BCUT2D eigenvalue weighted by Gasteiger charge is 2.41. The maximum Gasteiger partial charge on any atom is 0.430 e. The average Bonchev–Trinajstić information content (AvgIpc) is 2.82. The van der Waals surface area contributed by atoms with Gasteiger partial charge in [0.05, 0.1) is 13.2 Å². The molecule has 3 nitrogen and oxygen atoms in total. The Bertz CT molecular complexity index is 1250. The fourth-order valence-corrected chi connectivity index (χ4v) is 4.95. The molecular weight excluding hydrogens is 620 g/mol. The molecule has 198 valence electrons. The van der Waals surface area contributed by atoms with Crippen molar-refractivity contribution in [1.82, 2.24) is 0 Å². The van der Waals surface area contributed by atoms with Gasteiger partial charge in [-0.15, -0.1) is 0 Å². The third-order valence-electron chi connectivity index (χ3n) is 5.77. The van der Waals surface area contributed by atoms with Gasteiger partial charge < -0.3 is 14.2 Å². The average molecular weight is 640 g/mol. The maximum atomic E-state index is 15.0. The quantitative estimate of drug-likeness (QED) is 0.148. The van der Waals surface area contributed by atoms with E-state index in [0.29, 0.717) is 31.4 Å². The van der Waals surface area contributed by atoms with Crippen LogP contribution in [0.3, 0.4) is 0 Å². The Hall–Kier alpha value is -2.38. The van der Waals surface area contributed by atoms with E-state index in [1.54, 1.807) is 0 Å². The van der Waals surface area contributed by atoms with Crippen molar-refractivity contribution in [2.45, 2.75) is 32.2 Å². The lowest BCUT2D eigenvalue weighted by molar-refractivity contribution is -0.206. The van der Waals surface area contributed by atoms with Gasteiger partial charge in [-0.05, 0) is 71.0 Å². The molecule has 4 rings (SSSR count). The topological polar surface area (TPSA) is 27.7 Å². The standard InChI is InChI=1S/C26H20F7IO3/c1-2-3-13-11-35-25(36-12-13)15-8-19(28)23(22(34)9-15)26(32,33)37-16-4-5-17(18(27)10-16)14-6-20(29)24(31)21(30)7-14/h4-10,13,25H,2-3,11-12H2,1H3. The fraction of sp³-hybridized carbons (Fsp3) is 0.308. The van der Waals surface area contributed by atoms with Crippen molar-refractivity contribution in [2.24, 2.45) is 5.92 Å². The van der Waals surface area contributed by atoms with E-state index in [1.807, 2.05) is 6.92 Å². The molecule has 0 radical (unpaired) electrons. The summed E-state index contributed by atoms with van der Waals surface area (Å²) in [7, 11) is 0. The van der Waals surface area contributed by atoms with E-state index < -0.39 is 52.8 Å². The molecule has 0 saturated carbocycles. The molecule has 1 saturated heterocycles. The molecule has 3 aromatic carbocycles. The highest BCUT2D eigenvalue weighted by atomic mass is 127. The van der Waals surface area contributed by atoms with Gasteiger partial charge in [-0.3, -0.25) is 0 Å². The summed E-state index contributed by atoms with van der Waals surface area (Å²) < 4.78 is 115. The molecule has 0 N–H and O–H groups in total. The van der Waals surface area contributed by atoms with Gasteiger partial charge >= 0.3 is 6.11 Å². The number of alkyl halides is 2.